The Morgan fingerprint density at radius 1 is 1.46 bits per heavy atom. The number of hydrogen-bond acceptors (Lipinski definition) is 3. The van der Waals surface area contributed by atoms with Gasteiger partial charge in [-0.1, -0.05) is 0 Å². The molecule has 0 aliphatic rings. The summed E-state index contributed by atoms with van der Waals surface area (Å²) >= 11 is 4.18. The maximum Gasteiger partial charge on any atom is 0.118 e. The number of nitrogens with zero attached hydrogens (tertiary/aromatic N) is 1. The second-order valence-corrected chi connectivity index (χ2v) is 3.77. The highest BCUT2D eigenvalue weighted by molar-refractivity contribution is 7.80. The first kappa shape index (κ1) is 10.7. The van der Waals surface area contributed by atoms with E-state index >= 15 is 0 Å². The van der Waals surface area contributed by atoms with Crippen LogP contribution in [0.1, 0.15) is 17.9 Å². The Bertz CT molecular complexity index is 247. The molecule has 1 heterocycles. The summed E-state index contributed by atoms with van der Waals surface area (Å²) < 4.78 is 5.47. The van der Waals surface area contributed by atoms with E-state index in [2.05, 4.69) is 24.6 Å². The van der Waals surface area contributed by atoms with Gasteiger partial charge in [-0.2, -0.15) is 12.6 Å². The van der Waals surface area contributed by atoms with E-state index < -0.39 is 0 Å². The van der Waals surface area contributed by atoms with Gasteiger partial charge >= 0.3 is 0 Å². The molecular formula is C10H17NOS. The van der Waals surface area contributed by atoms with Gasteiger partial charge in [-0.15, -0.1) is 0 Å². The fraction of sp³-hybridized carbons (Fsp3) is 0.600. The van der Waals surface area contributed by atoms with Crippen molar-refractivity contribution in [1.82, 2.24) is 4.90 Å². The molecule has 0 spiro atoms. The molecule has 1 rings (SSSR count). The maximum absolute atomic E-state index is 5.47. The van der Waals surface area contributed by atoms with E-state index in [9.17, 15) is 0 Å². The van der Waals surface area contributed by atoms with E-state index in [0.29, 0.717) is 0 Å². The van der Waals surface area contributed by atoms with Crippen LogP contribution >= 0.6 is 12.6 Å². The van der Waals surface area contributed by atoms with Crippen LogP contribution in [0.25, 0.3) is 0 Å². The first-order chi connectivity index (χ1) is 6.22. The number of hydrogen-bond donors (Lipinski definition) is 1. The number of aryl methyl sites for hydroxylation is 1. The van der Waals surface area contributed by atoms with E-state index in [0.717, 1.165) is 36.8 Å². The molecule has 0 bridgehead atoms. The molecule has 74 valence electrons. The average molecular weight is 199 g/mol. The van der Waals surface area contributed by atoms with E-state index in [-0.39, 0.29) is 0 Å². The largest absolute Gasteiger partial charge is 0.465 e. The van der Waals surface area contributed by atoms with Crippen molar-refractivity contribution >= 4 is 12.6 Å². The van der Waals surface area contributed by atoms with Crippen molar-refractivity contribution in [3.8, 4) is 0 Å². The molecule has 0 N–H and O–H groups in total. The fourth-order valence-electron chi connectivity index (χ4n) is 1.26. The van der Waals surface area contributed by atoms with Gasteiger partial charge in [-0.25, -0.2) is 0 Å². The molecule has 0 saturated carbocycles. The number of rotatable bonds is 5. The minimum atomic E-state index is 0.890. The van der Waals surface area contributed by atoms with Gasteiger partial charge in [0, 0.05) is 0 Å². The summed E-state index contributed by atoms with van der Waals surface area (Å²) in [6.07, 6.45) is 1.12. The topological polar surface area (TPSA) is 16.4 Å². The predicted octanol–water partition coefficient (Wildman–Crippen LogP) is 2.34. The second-order valence-electron chi connectivity index (χ2n) is 3.33. The predicted molar refractivity (Wildman–Crippen MR) is 58.2 cm³/mol. The smallest absolute Gasteiger partial charge is 0.118 e. The zero-order valence-electron chi connectivity index (χ0n) is 8.29. The van der Waals surface area contributed by atoms with Crippen molar-refractivity contribution in [2.24, 2.45) is 0 Å². The van der Waals surface area contributed by atoms with Gasteiger partial charge in [-0.3, -0.25) is 4.90 Å². The number of thiol groups is 1. The summed E-state index contributed by atoms with van der Waals surface area (Å²) in [6, 6.07) is 4.04. The average Bonchev–Trinajstić information content (AvgIpc) is 2.48. The van der Waals surface area contributed by atoms with Crippen molar-refractivity contribution in [2.75, 3.05) is 19.3 Å². The summed E-state index contributed by atoms with van der Waals surface area (Å²) in [5.74, 6) is 2.97. The van der Waals surface area contributed by atoms with Gasteiger partial charge < -0.3 is 4.42 Å². The highest BCUT2D eigenvalue weighted by atomic mass is 32.1. The summed E-state index contributed by atoms with van der Waals surface area (Å²) in [6.45, 7) is 3.93. The van der Waals surface area contributed by atoms with Gasteiger partial charge in [0.2, 0.25) is 0 Å². The van der Waals surface area contributed by atoms with E-state index in [1.165, 1.54) is 0 Å². The minimum Gasteiger partial charge on any atom is -0.465 e. The van der Waals surface area contributed by atoms with Crippen LogP contribution in [0.4, 0.5) is 0 Å². The highest BCUT2D eigenvalue weighted by Crippen LogP contribution is 2.08. The lowest BCUT2D eigenvalue weighted by Crippen LogP contribution is -2.18. The molecule has 0 fully saturated rings. The Morgan fingerprint density at radius 2 is 2.23 bits per heavy atom. The summed E-state index contributed by atoms with van der Waals surface area (Å²) in [5.41, 5.74) is 0. The van der Waals surface area contributed by atoms with Gasteiger partial charge in [0.25, 0.3) is 0 Å². The van der Waals surface area contributed by atoms with Crippen LogP contribution in [0.15, 0.2) is 16.5 Å². The molecule has 13 heavy (non-hydrogen) atoms. The molecule has 0 amide bonds. The van der Waals surface area contributed by atoms with Gasteiger partial charge in [0.1, 0.15) is 11.5 Å². The molecule has 0 aliphatic heterocycles. The summed E-state index contributed by atoms with van der Waals surface area (Å²) in [5, 5.41) is 0. The Balaban J connectivity index is 2.31. The molecule has 0 aliphatic carbocycles. The van der Waals surface area contributed by atoms with E-state index in [1.807, 2.05) is 19.1 Å². The van der Waals surface area contributed by atoms with Crippen LogP contribution in [-0.4, -0.2) is 24.2 Å². The first-order valence-electron chi connectivity index (χ1n) is 4.57. The quantitative estimate of drug-likeness (QED) is 0.733. The zero-order valence-corrected chi connectivity index (χ0v) is 9.18. The Hall–Kier alpha value is -0.410. The summed E-state index contributed by atoms with van der Waals surface area (Å²) in [7, 11) is 2.10. The van der Waals surface area contributed by atoms with Crippen LogP contribution in [0, 0.1) is 6.92 Å². The lowest BCUT2D eigenvalue weighted by molar-refractivity contribution is 0.294. The molecule has 0 unspecified atom stereocenters. The molecule has 0 aromatic carbocycles. The van der Waals surface area contributed by atoms with Gasteiger partial charge in [-0.05, 0) is 44.8 Å². The SMILES string of the molecule is Cc1ccc(CN(C)CCCS)o1. The van der Waals surface area contributed by atoms with Crippen molar-refractivity contribution in [3.63, 3.8) is 0 Å². The van der Waals surface area contributed by atoms with Crippen LogP contribution < -0.4 is 0 Å². The minimum absolute atomic E-state index is 0.890. The van der Waals surface area contributed by atoms with Crippen molar-refractivity contribution < 1.29 is 4.42 Å². The molecule has 1 aromatic heterocycles. The molecule has 2 nitrogen and oxygen atoms in total. The molecule has 0 atom stereocenters. The molecule has 0 radical (unpaired) electrons. The molecular weight excluding hydrogens is 182 g/mol. The maximum atomic E-state index is 5.47. The van der Waals surface area contributed by atoms with E-state index in [4.69, 9.17) is 4.42 Å². The number of furan rings is 1. The van der Waals surface area contributed by atoms with Crippen LogP contribution in [0.3, 0.4) is 0 Å². The standard InChI is InChI=1S/C10H17NOS/c1-9-4-5-10(12-9)8-11(2)6-3-7-13/h4-5,13H,3,6-8H2,1-2H3. The molecule has 1 aromatic rings. The Labute approximate surface area is 85.3 Å². The lowest BCUT2D eigenvalue weighted by Gasteiger charge is -2.13. The van der Waals surface area contributed by atoms with E-state index in [1.54, 1.807) is 0 Å². The Kier molecular flexibility index (Phi) is 4.39. The van der Waals surface area contributed by atoms with Crippen LogP contribution in [0.5, 0.6) is 0 Å². The first-order valence-corrected chi connectivity index (χ1v) is 5.20. The fourth-order valence-corrected chi connectivity index (χ4v) is 1.40. The second kappa shape index (κ2) is 5.35. The normalized spacial score (nSPS) is 11.1. The molecule has 0 saturated heterocycles. The third kappa shape index (κ3) is 3.87. The van der Waals surface area contributed by atoms with Gasteiger partial charge in [0.05, 0.1) is 6.54 Å². The van der Waals surface area contributed by atoms with Crippen molar-refractivity contribution in [1.29, 1.82) is 0 Å². The highest BCUT2D eigenvalue weighted by Gasteiger charge is 2.02. The lowest BCUT2D eigenvalue weighted by atomic mass is 10.4. The summed E-state index contributed by atoms with van der Waals surface area (Å²) in [4.78, 5) is 2.24. The van der Waals surface area contributed by atoms with Crippen LogP contribution in [-0.2, 0) is 6.54 Å². The van der Waals surface area contributed by atoms with Crippen molar-refractivity contribution in [2.45, 2.75) is 19.9 Å². The van der Waals surface area contributed by atoms with Crippen LogP contribution in [0.2, 0.25) is 0 Å². The third-order valence-corrected chi connectivity index (χ3v) is 2.24. The van der Waals surface area contributed by atoms with Crippen molar-refractivity contribution in [3.05, 3.63) is 23.7 Å². The Morgan fingerprint density at radius 3 is 2.77 bits per heavy atom. The zero-order chi connectivity index (χ0) is 9.68. The monoisotopic (exact) mass is 199 g/mol. The third-order valence-electron chi connectivity index (χ3n) is 1.92. The van der Waals surface area contributed by atoms with Gasteiger partial charge in [0.15, 0.2) is 0 Å². The molecule has 3 heteroatoms.